The molecule has 0 fully saturated rings. The lowest BCUT2D eigenvalue weighted by Crippen LogP contribution is -2.35. The Morgan fingerprint density at radius 3 is 2.42 bits per heavy atom. The van der Waals surface area contributed by atoms with Crippen molar-refractivity contribution in [2.24, 2.45) is 5.73 Å². The molecule has 0 heterocycles. The van der Waals surface area contributed by atoms with E-state index in [0.717, 1.165) is 0 Å². The zero-order chi connectivity index (χ0) is 14.6. The highest BCUT2D eigenvalue weighted by atomic mass is 19.4. The number of benzene rings is 1. The number of ether oxygens (including phenoxy) is 1. The first-order valence-electron chi connectivity index (χ1n) is 6.04. The van der Waals surface area contributed by atoms with E-state index in [4.69, 9.17) is 10.5 Å². The lowest BCUT2D eigenvalue weighted by molar-refractivity contribution is -0.119. The molecule has 0 aliphatic rings. The summed E-state index contributed by atoms with van der Waals surface area (Å²) in [6, 6.07) is 4.59. The van der Waals surface area contributed by atoms with Crippen LogP contribution in [-0.2, 0) is 0 Å². The molecule has 2 N–H and O–H groups in total. The van der Waals surface area contributed by atoms with Crippen molar-refractivity contribution in [3.05, 3.63) is 23.8 Å². The Balaban J connectivity index is 3.23. The van der Waals surface area contributed by atoms with Crippen molar-refractivity contribution in [3.8, 4) is 5.75 Å². The van der Waals surface area contributed by atoms with Crippen LogP contribution in [0.15, 0.2) is 18.2 Å². The Morgan fingerprint density at radius 1 is 1.37 bits per heavy atom. The summed E-state index contributed by atoms with van der Waals surface area (Å²) >= 11 is 0. The number of methoxy groups -OCH3 is 1. The normalized spacial score (nSPS) is 13.2. The molecule has 0 saturated carbocycles. The van der Waals surface area contributed by atoms with Crippen molar-refractivity contribution in [1.29, 1.82) is 0 Å². The first kappa shape index (κ1) is 15.6. The van der Waals surface area contributed by atoms with Gasteiger partial charge in [0, 0.05) is 23.8 Å². The molecule has 19 heavy (non-hydrogen) atoms. The molecule has 0 spiro atoms. The largest absolute Gasteiger partial charge is 0.496 e. The zero-order valence-electron chi connectivity index (χ0n) is 11.3. The molecule has 1 aromatic carbocycles. The number of hydrogen-bond donors (Lipinski definition) is 1. The van der Waals surface area contributed by atoms with Crippen molar-refractivity contribution < 1.29 is 17.9 Å². The van der Waals surface area contributed by atoms with Gasteiger partial charge in [0.15, 0.2) is 0 Å². The van der Waals surface area contributed by atoms with Gasteiger partial charge in [0.05, 0.1) is 7.11 Å². The van der Waals surface area contributed by atoms with E-state index in [1.807, 2.05) is 0 Å². The zero-order valence-corrected chi connectivity index (χ0v) is 11.3. The highest BCUT2D eigenvalue weighted by Gasteiger charge is 2.31. The third-order valence-corrected chi connectivity index (χ3v) is 2.81. The minimum atomic E-state index is -4.26. The minimum Gasteiger partial charge on any atom is -0.496 e. The summed E-state index contributed by atoms with van der Waals surface area (Å²) in [5.74, 6) is 0.508. The molecule has 108 valence electrons. The van der Waals surface area contributed by atoms with Gasteiger partial charge >= 0.3 is 6.18 Å². The smallest absolute Gasteiger partial charge is 0.405 e. The van der Waals surface area contributed by atoms with E-state index in [0.29, 0.717) is 17.0 Å². The fourth-order valence-corrected chi connectivity index (χ4v) is 2.03. The molecular formula is C13H19F3N2O. The summed E-state index contributed by atoms with van der Waals surface area (Å²) in [5.41, 5.74) is 6.92. The molecule has 1 rings (SSSR count). The predicted octanol–water partition coefficient (Wildman–Crippen LogP) is 3.10. The van der Waals surface area contributed by atoms with Gasteiger partial charge in [-0.25, -0.2) is 0 Å². The topological polar surface area (TPSA) is 38.5 Å². The summed E-state index contributed by atoms with van der Waals surface area (Å²) in [7, 11) is 1.48. The van der Waals surface area contributed by atoms with E-state index in [2.05, 4.69) is 0 Å². The second-order valence-corrected chi connectivity index (χ2v) is 4.31. The van der Waals surface area contributed by atoms with Crippen LogP contribution in [-0.4, -0.2) is 26.4 Å². The van der Waals surface area contributed by atoms with E-state index >= 15 is 0 Å². The van der Waals surface area contributed by atoms with Gasteiger partial charge in [-0.05, 0) is 26.0 Å². The van der Waals surface area contributed by atoms with Gasteiger partial charge in [-0.15, -0.1) is 0 Å². The van der Waals surface area contributed by atoms with E-state index in [9.17, 15) is 13.2 Å². The van der Waals surface area contributed by atoms with Crippen molar-refractivity contribution in [2.45, 2.75) is 26.1 Å². The summed E-state index contributed by atoms with van der Waals surface area (Å²) in [6.45, 7) is 2.64. The number of nitrogens with two attached hydrogens (primary N) is 1. The molecule has 6 heteroatoms. The standard InChI is InChI=1S/C13H19F3N2O/c1-4-18(8-13(14,15)16)10-6-5-7-11(19-3)12(10)9(2)17/h5-7,9H,4,8,17H2,1-3H3/t9-/m0/s1. The molecule has 1 atom stereocenters. The van der Waals surface area contributed by atoms with Crippen LogP contribution in [0, 0.1) is 0 Å². The number of alkyl halides is 3. The van der Waals surface area contributed by atoms with Crippen LogP contribution in [0.4, 0.5) is 18.9 Å². The van der Waals surface area contributed by atoms with Gasteiger partial charge in [-0.1, -0.05) is 6.07 Å². The van der Waals surface area contributed by atoms with Crippen LogP contribution >= 0.6 is 0 Å². The quantitative estimate of drug-likeness (QED) is 0.898. The van der Waals surface area contributed by atoms with E-state index in [-0.39, 0.29) is 6.54 Å². The average molecular weight is 276 g/mol. The summed E-state index contributed by atoms with van der Waals surface area (Å²) in [6.07, 6.45) is -4.26. The van der Waals surface area contributed by atoms with Gasteiger partial charge in [0.2, 0.25) is 0 Å². The predicted molar refractivity (Wildman–Crippen MR) is 69.5 cm³/mol. The van der Waals surface area contributed by atoms with Crippen LogP contribution in [0.3, 0.4) is 0 Å². The number of halogens is 3. The number of hydrogen-bond acceptors (Lipinski definition) is 3. The van der Waals surface area contributed by atoms with E-state index in [1.54, 1.807) is 32.0 Å². The molecule has 0 radical (unpaired) electrons. The highest BCUT2D eigenvalue weighted by Crippen LogP contribution is 2.34. The molecule has 0 aliphatic heterocycles. The average Bonchev–Trinajstić information content (AvgIpc) is 2.33. The number of rotatable bonds is 5. The van der Waals surface area contributed by atoms with E-state index in [1.165, 1.54) is 12.0 Å². The van der Waals surface area contributed by atoms with Gasteiger partial charge in [-0.2, -0.15) is 13.2 Å². The second-order valence-electron chi connectivity index (χ2n) is 4.31. The Labute approximate surface area is 111 Å². The Kier molecular flexibility index (Phi) is 5.05. The lowest BCUT2D eigenvalue weighted by Gasteiger charge is -2.28. The van der Waals surface area contributed by atoms with Gasteiger partial charge in [0.25, 0.3) is 0 Å². The molecule has 0 unspecified atom stereocenters. The van der Waals surface area contributed by atoms with Crippen molar-refractivity contribution >= 4 is 5.69 Å². The molecule has 0 aromatic heterocycles. The fourth-order valence-electron chi connectivity index (χ4n) is 2.03. The SMILES string of the molecule is CCN(CC(F)(F)F)c1cccc(OC)c1[C@H](C)N. The van der Waals surface area contributed by atoms with Gasteiger partial charge < -0.3 is 15.4 Å². The van der Waals surface area contributed by atoms with Crippen LogP contribution in [0.5, 0.6) is 5.75 Å². The minimum absolute atomic E-state index is 0.242. The highest BCUT2D eigenvalue weighted by molar-refractivity contribution is 5.60. The second kappa shape index (κ2) is 6.14. The molecule has 0 amide bonds. The molecule has 0 bridgehead atoms. The first-order chi connectivity index (χ1) is 8.80. The van der Waals surface area contributed by atoms with Gasteiger partial charge in [0.1, 0.15) is 12.3 Å². The maximum absolute atomic E-state index is 12.6. The van der Waals surface area contributed by atoms with Crippen LogP contribution < -0.4 is 15.4 Å². The van der Waals surface area contributed by atoms with Crippen LogP contribution in [0.25, 0.3) is 0 Å². The third-order valence-electron chi connectivity index (χ3n) is 2.81. The molecule has 0 aliphatic carbocycles. The van der Waals surface area contributed by atoms with Crippen LogP contribution in [0.2, 0.25) is 0 Å². The number of nitrogens with zero attached hydrogens (tertiary/aromatic N) is 1. The monoisotopic (exact) mass is 276 g/mol. The summed E-state index contributed by atoms with van der Waals surface area (Å²) in [4.78, 5) is 1.25. The van der Waals surface area contributed by atoms with Crippen LogP contribution in [0.1, 0.15) is 25.5 Å². The number of anilines is 1. The first-order valence-corrected chi connectivity index (χ1v) is 6.04. The maximum Gasteiger partial charge on any atom is 0.405 e. The Hall–Kier alpha value is -1.43. The molecule has 0 saturated heterocycles. The summed E-state index contributed by atoms with van der Waals surface area (Å²) < 4.78 is 43.0. The van der Waals surface area contributed by atoms with Gasteiger partial charge in [-0.3, -0.25) is 0 Å². The van der Waals surface area contributed by atoms with E-state index < -0.39 is 18.8 Å². The maximum atomic E-state index is 12.6. The fraction of sp³-hybridized carbons (Fsp3) is 0.538. The van der Waals surface area contributed by atoms with Crippen molar-refractivity contribution in [2.75, 3.05) is 25.1 Å². The Morgan fingerprint density at radius 2 is 2.00 bits per heavy atom. The summed E-state index contributed by atoms with van der Waals surface area (Å²) in [5, 5.41) is 0. The van der Waals surface area contributed by atoms with Crippen molar-refractivity contribution in [3.63, 3.8) is 0 Å². The molecule has 1 aromatic rings. The van der Waals surface area contributed by atoms with Crippen molar-refractivity contribution in [1.82, 2.24) is 0 Å². The Bertz CT molecular complexity index is 419. The third kappa shape index (κ3) is 4.02. The molecule has 3 nitrogen and oxygen atoms in total. The molecular weight excluding hydrogens is 257 g/mol. The lowest BCUT2D eigenvalue weighted by atomic mass is 10.0.